The second-order valence-corrected chi connectivity index (χ2v) is 6.00. The minimum atomic E-state index is -7.77. The third-order valence-corrected chi connectivity index (χ3v) is 3.23. The van der Waals surface area contributed by atoms with E-state index in [1.807, 2.05) is 0 Å². The summed E-state index contributed by atoms with van der Waals surface area (Å²) in [5.74, 6) is -15.0. The average molecular weight is 590 g/mol. The van der Waals surface area contributed by atoms with Crippen LogP contribution in [0.25, 0.3) is 0 Å². The van der Waals surface area contributed by atoms with E-state index in [0.717, 1.165) is 0 Å². The summed E-state index contributed by atoms with van der Waals surface area (Å²) in [4.78, 5) is 0. The van der Waals surface area contributed by atoms with Gasteiger partial charge in [-0.1, -0.05) is 0 Å². The van der Waals surface area contributed by atoms with Crippen LogP contribution in [0, 0.1) is 0 Å². The molecule has 0 N–H and O–H groups in total. The van der Waals surface area contributed by atoms with Crippen LogP contribution in [-0.4, -0.2) is 53.4 Å². The highest BCUT2D eigenvalue weighted by molar-refractivity contribution is 14.1. The summed E-state index contributed by atoms with van der Waals surface area (Å²) >= 11 is -0.746. The minimum absolute atomic E-state index is 0.505. The highest BCUT2D eigenvalue weighted by atomic mass is 127. The van der Waals surface area contributed by atoms with Gasteiger partial charge in [-0.3, -0.25) is 9.47 Å². The summed E-state index contributed by atoms with van der Waals surface area (Å²) in [6.07, 6.45) is -36.3. The summed E-state index contributed by atoms with van der Waals surface area (Å²) < 4.78 is 205. The molecule has 3 nitrogen and oxygen atoms in total. The zero-order chi connectivity index (χ0) is 24.1. The van der Waals surface area contributed by atoms with Gasteiger partial charge in [0.25, 0.3) is 0 Å². The molecule has 20 heteroatoms. The van der Waals surface area contributed by atoms with Crippen LogP contribution in [0.2, 0.25) is 0 Å². The quantitative estimate of drug-likeness (QED) is 0.200. The molecular weight excluding hydrogens is 587 g/mol. The highest BCUT2D eigenvalue weighted by Crippen LogP contribution is 2.57. The van der Waals surface area contributed by atoms with Crippen molar-refractivity contribution < 1.29 is 84.5 Å². The molecule has 0 aliphatic carbocycles. The molecule has 176 valence electrons. The number of hydrogen-bond acceptors (Lipinski definition) is 3. The van der Waals surface area contributed by atoms with Gasteiger partial charge < -0.3 is 4.74 Å². The van der Waals surface area contributed by atoms with Crippen LogP contribution < -0.4 is 0 Å². The first-order valence-electron chi connectivity index (χ1n) is 5.89. The first kappa shape index (κ1) is 28.5. The van der Waals surface area contributed by atoms with Gasteiger partial charge in [-0.2, -0.15) is 70.2 Å². The SMILES string of the molecule is COC(F)(F)C(F)(OC(F)(F)C(F)(OC(F)(F)C(F)(F)I)C(F)(F)F)C(F)(F)F. The van der Waals surface area contributed by atoms with Gasteiger partial charge >= 0.3 is 46.3 Å². The van der Waals surface area contributed by atoms with Crippen molar-refractivity contribution in [1.82, 2.24) is 0 Å². The zero-order valence-electron chi connectivity index (χ0n) is 12.7. The van der Waals surface area contributed by atoms with Gasteiger partial charge in [0.1, 0.15) is 0 Å². The number of ether oxygens (including phenoxy) is 3. The Hall–Kier alpha value is -0.510. The van der Waals surface area contributed by atoms with Crippen LogP contribution in [0.5, 0.6) is 0 Å². The topological polar surface area (TPSA) is 27.7 Å². The van der Waals surface area contributed by atoms with Gasteiger partial charge in [-0.15, -0.1) is 0 Å². The molecule has 0 radical (unpaired) electrons. The Morgan fingerprint density at radius 1 is 0.483 bits per heavy atom. The molecular formula is C9H3F16IO3. The first-order chi connectivity index (χ1) is 12.2. The Labute approximate surface area is 161 Å². The maximum absolute atomic E-state index is 13.7. The summed E-state index contributed by atoms with van der Waals surface area (Å²) in [6, 6.07) is 0. The molecule has 0 aromatic carbocycles. The van der Waals surface area contributed by atoms with E-state index in [9.17, 15) is 70.2 Å². The lowest BCUT2D eigenvalue weighted by Crippen LogP contribution is -2.68. The van der Waals surface area contributed by atoms with E-state index in [1.54, 1.807) is 9.47 Å². The molecule has 0 rings (SSSR count). The van der Waals surface area contributed by atoms with E-state index in [1.165, 1.54) is 0 Å². The van der Waals surface area contributed by atoms with Crippen LogP contribution >= 0.6 is 22.6 Å². The van der Waals surface area contributed by atoms with Crippen molar-refractivity contribution in [3.05, 3.63) is 0 Å². The Kier molecular flexibility index (Phi) is 7.43. The Balaban J connectivity index is 6.62. The Bertz CT molecular complexity index is 582. The average Bonchev–Trinajstić information content (AvgIpc) is 2.42. The van der Waals surface area contributed by atoms with E-state index in [0.29, 0.717) is 0 Å². The van der Waals surface area contributed by atoms with E-state index in [-0.39, 0.29) is 0 Å². The van der Waals surface area contributed by atoms with Gasteiger partial charge in [0.2, 0.25) is 0 Å². The maximum Gasteiger partial charge on any atom is 0.458 e. The van der Waals surface area contributed by atoms with Crippen molar-refractivity contribution in [1.29, 1.82) is 0 Å². The number of methoxy groups -OCH3 is 1. The minimum Gasteiger partial charge on any atom is -0.319 e. The highest BCUT2D eigenvalue weighted by Gasteiger charge is 2.85. The fourth-order valence-electron chi connectivity index (χ4n) is 1.17. The lowest BCUT2D eigenvalue weighted by atomic mass is 10.2. The number of halogens is 17. The molecule has 0 aromatic heterocycles. The van der Waals surface area contributed by atoms with Crippen LogP contribution in [0.3, 0.4) is 0 Å². The normalized spacial score (nSPS) is 19.7. The van der Waals surface area contributed by atoms with Gasteiger partial charge in [0.15, 0.2) is 0 Å². The molecule has 0 aliphatic heterocycles. The molecule has 0 saturated heterocycles. The molecule has 0 aromatic rings. The van der Waals surface area contributed by atoms with Crippen molar-refractivity contribution in [2.24, 2.45) is 0 Å². The summed E-state index contributed by atoms with van der Waals surface area (Å²) in [7, 11) is -0.505. The monoisotopic (exact) mass is 590 g/mol. The predicted octanol–water partition coefficient (Wildman–Crippen LogP) is 5.93. The molecule has 0 spiro atoms. The van der Waals surface area contributed by atoms with E-state index in [2.05, 4.69) is 4.74 Å². The zero-order valence-corrected chi connectivity index (χ0v) is 14.8. The first-order valence-corrected chi connectivity index (χ1v) is 6.97. The van der Waals surface area contributed by atoms with Crippen molar-refractivity contribution in [2.75, 3.05) is 7.11 Å². The summed E-state index contributed by atoms with van der Waals surface area (Å²) in [5.41, 5.74) is 0. The van der Waals surface area contributed by atoms with E-state index < -0.39 is 76.0 Å². The van der Waals surface area contributed by atoms with E-state index in [4.69, 9.17) is 0 Å². The van der Waals surface area contributed by atoms with Crippen LogP contribution in [-0.2, 0) is 14.2 Å². The van der Waals surface area contributed by atoms with Gasteiger partial charge in [0.05, 0.1) is 0 Å². The Morgan fingerprint density at radius 3 is 1.00 bits per heavy atom. The van der Waals surface area contributed by atoms with Crippen molar-refractivity contribution in [3.63, 3.8) is 0 Å². The molecule has 2 unspecified atom stereocenters. The number of hydrogen-bond donors (Lipinski definition) is 0. The van der Waals surface area contributed by atoms with Gasteiger partial charge in [-0.25, -0.2) is 0 Å². The van der Waals surface area contributed by atoms with Gasteiger partial charge in [-0.05, 0) is 0 Å². The molecule has 0 aliphatic rings. The summed E-state index contributed by atoms with van der Waals surface area (Å²) in [5, 5.41) is 0. The molecule has 0 heterocycles. The third kappa shape index (κ3) is 5.05. The lowest BCUT2D eigenvalue weighted by Gasteiger charge is -2.41. The molecule has 0 bridgehead atoms. The molecule has 29 heavy (non-hydrogen) atoms. The van der Waals surface area contributed by atoms with Crippen molar-refractivity contribution in [3.8, 4) is 0 Å². The second kappa shape index (κ2) is 7.57. The van der Waals surface area contributed by atoms with Crippen LogP contribution in [0.4, 0.5) is 70.2 Å². The van der Waals surface area contributed by atoms with Gasteiger partial charge in [0, 0.05) is 29.7 Å². The van der Waals surface area contributed by atoms with Crippen molar-refractivity contribution >= 4 is 22.6 Å². The third-order valence-electron chi connectivity index (χ3n) is 2.60. The predicted molar refractivity (Wildman–Crippen MR) is 62.8 cm³/mol. The Morgan fingerprint density at radius 2 is 0.759 bits per heavy atom. The van der Waals surface area contributed by atoms with Crippen LogP contribution in [0.1, 0.15) is 0 Å². The lowest BCUT2D eigenvalue weighted by molar-refractivity contribution is -0.561. The molecule has 0 saturated carbocycles. The number of alkyl halides is 17. The molecule has 0 fully saturated rings. The largest absolute Gasteiger partial charge is 0.458 e. The van der Waals surface area contributed by atoms with Crippen molar-refractivity contribution in [2.45, 2.75) is 46.3 Å². The maximum atomic E-state index is 13.7. The fourth-order valence-corrected chi connectivity index (χ4v) is 1.28. The number of rotatable bonds is 8. The van der Waals surface area contributed by atoms with E-state index >= 15 is 0 Å². The fraction of sp³-hybridized carbons (Fsp3) is 1.00. The smallest absolute Gasteiger partial charge is 0.319 e. The molecule has 2 atom stereocenters. The standard InChI is InChI=1S/C9H3F16IO3/c1-27-7(20,21)2(10,4(12,13)14)28-8(22,23)3(11,5(15,16)17)29-9(24,25)6(18,19)26/h1H3. The van der Waals surface area contributed by atoms with Crippen LogP contribution in [0.15, 0.2) is 0 Å². The summed E-state index contributed by atoms with van der Waals surface area (Å²) in [6.45, 7) is 0. The molecule has 0 amide bonds. The second-order valence-electron chi connectivity index (χ2n) is 4.64.